The van der Waals surface area contributed by atoms with Crippen LogP contribution in [0.15, 0.2) is 35.4 Å². The smallest absolute Gasteiger partial charge is 0.0715 e. The summed E-state index contributed by atoms with van der Waals surface area (Å²) in [6, 6.07) is 9.59. The lowest BCUT2D eigenvalue weighted by Crippen LogP contribution is -2.65. The Hall–Kier alpha value is -1.55. The minimum Gasteiger partial charge on any atom is -0.389 e. The lowest BCUT2D eigenvalue weighted by atomic mass is 9.46. The van der Waals surface area contributed by atoms with Crippen molar-refractivity contribution >= 4 is 0 Å². The molecular weight excluding hydrogens is 290 g/mol. The van der Waals surface area contributed by atoms with E-state index in [2.05, 4.69) is 10.0 Å². The average Bonchev–Trinajstić information content (AvgIpc) is 2.53. The Balaban J connectivity index is 1.75. The number of azide groups is 1. The number of ether oxygens (including phenoxy) is 1. The number of rotatable bonds is 4. The van der Waals surface area contributed by atoms with Crippen LogP contribution < -0.4 is 0 Å². The first-order valence-electron chi connectivity index (χ1n) is 8.46. The molecule has 1 aromatic carbocycles. The van der Waals surface area contributed by atoms with Crippen molar-refractivity contribution < 1.29 is 9.84 Å². The van der Waals surface area contributed by atoms with Crippen LogP contribution in [0.5, 0.6) is 0 Å². The maximum atomic E-state index is 11.5. The molecule has 4 aliphatic carbocycles. The third-order valence-corrected chi connectivity index (χ3v) is 6.42. The molecule has 0 amide bonds. The van der Waals surface area contributed by atoms with Crippen LogP contribution in [0.1, 0.15) is 43.7 Å². The maximum absolute atomic E-state index is 11.5. The average molecular weight is 313 g/mol. The van der Waals surface area contributed by atoms with Gasteiger partial charge in [-0.25, -0.2) is 0 Å². The SMILES string of the molecule is COC12CC3CC(C1)C(C(N=[N+]=[N-])c1ccccc1)[C@](O)(C3)C2. The summed E-state index contributed by atoms with van der Waals surface area (Å²) in [6.07, 6.45) is 4.62. The van der Waals surface area contributed by atoms with Gasteiger partial charge in [-0.15, -0.1) is 0 Å². The van der Waals surface area contributed by atoms with Crippen molar-refractivity contribution in [3.63, 3.8) is 0 Å². The van der Waals surface area contributed by atoms with Gasteiger partial charge in [0.2, 0.25) is 0 Å². The van der Waals surface area contributed by atoms with Crippen LogP contribution in [0.4, 0.5) is 0 Å². The van der Waals surface area contributed by atoms with E-state index in [0.717, 1.165) is 31.2 Å². The van der Waals surface area contributed by atoms with Crippen molar-refractivity contribution in [2.45, 2.75) is 49.3 Å². The van der Waals surface area contributed by atoms with Gasteiger partial charge in [0.15, 0.2) is 0 Å². The molecule has 0 radical (unpaired) electrons. The second-order valence-electron chi connectivity index (χ2n) is 7.73. The summed E-state index contributed by atoms with van der Waals surface area (Å²) in [5, 5.41) is 15.6. The van der Waals surface area contributed by atoms with Crippen LogP contribution in [0.25, 0.3) is 10.4 Å². The van der Waals surface area contributed by atoms with Gasteiger partial charge in [0, 0.05) is 24.4 Å². The molecule has 5 rings (SSSR count). The molecule has 5 nitrogen and oxygen atoms in total. The molecule has 0 saturated heterocycles. The Morgan fingerprint density at radius 3 is 2.74 bits per heavy atom. The first kappa shape index (κ1) is 15.0. The largest absolute Gasteiger partial charge is 0.389 e. The number of aliphatic hydroxyl groups is 1. The monoisotopic (exact) mass is 313 g/mol. The van der Waals surface area contributed by atoms with Crippen molar-refractivity contribution in [1.82, 2.24) is 0 Å². The van der Waals surface area contributed by atoms with E-state index in [0.29, 0.717) is 18.3 Å². The highest BCUT2D eigenvalue weighted by atomic mass is 16.5. The van der Waals surface area contributed by atoms with Crippen LogP contribution in [0.3, 0.4) is 0 Å². The fraction of sp³-hybridized carbons (Fsp3) is 0.667. The Morgan fingerprint density at radius 1 is 1.30 bits per heavy atom. The minimum absolute atomic E-state index is 0.0133. The molecular formula is C18H23N3O2. The van der Waals surface area contributed by atoms with Crippen LogP contribution >= 0.6 is 0 Å². The van der Waals surface area contributed by atoms with Gasteiger partial charge in [0.05, 0.1) is 17.2 Å². The van der Waals surface area contributed by atoms with Crippen molar-refractivity contribution in [3.05, 3.63) is 46.3 Å². The van der Waals surface area contributed by atoms with E-state index >= 15 is 0 Å². The fourth-order valence-corrected chi connectivity index (χ4v) is 5.92. The van der Waals surface area contributed by atoms with Gasteiger partial charge in [-0.2, -0.15) is 0 Å². The quantitative estimate of drug-likeness (QED) is 0.518. The molecule has 1 N–H and O–H groups in total. The number of hydrogen-bond donors (Lipinski definition) is 1. The summed E-state index contributed by atoms with van der Waals surface area (Å²) >= 11 is 0. The summed E-state index contributed by atoms with van der Waals surface area (Å²) < 4.78 is 5.85. The second-order valence-corrected chi connectivity index (χ2v) is 7.73. The minimum atomic E-state index is -0.783. The first-order chi connectivity index (χ1) is 11.1. The van der Waals surface area contributed by atoms with Crippen LogP contribution in [-0.4, -0.2) is 23.4 Å². The van der Waals surface area contributed by atoms with Crippen molar-refractivity contribution in [1.29, 1.82) is 0 Å². The number of nitrogens with zero attached hydrogens (tertiary/aromatic N) is 3. The molecule has 5 unspecified atom stereocenters. The molecule has 1 aromatic rings. The first-order valence-corrected chi connectivity index (χ1v) is 8.46. The van der Waals surface area contributed by atoms with Crippen molar-refractivity contribution in [3.8, 4) is 0 Å². The zero-order valence-corrected chi connectivity index (χ0v) is 13.4. The summed E-state index contributed by atoms with van der Waals surface area (Å²) in [5.41, 5.74) is 9.13. The Labute approximate surface area is 136 Å². The van der Waals surface area contributed by atoms with Gasteiger partial charge in [-0.1, -0.05) is 35.4 Å². The van der Waals surface area contributed by atoms with E-state index in [1.807, 2.05) is 30.3 Å². The Kier molecular flexibility index (Phi) is 3.41. The normalized spacial score (nSPS) is 42.3. The van der Waals surface area contributed by atoms with E-state index in [-0.39, 0.29) is 17.6 Å². The van der Waals surface area contributed by atoms with E-state index in [1.54, 1.807) is 7.11 Å². The molecule has 122 valence electrons. The van der Waals surface area contributed by atoms with E-state index in [4.69, 9.17) is 10.3 Å². The van der Waals surface area contributed by atoms with Gasteiger partial charge in [-0.05, 0) is 48.6 Å². The molecule has 0 heterocycles. The predicted octanol–water partition coefficient (Wildman–Crippen LogP) is 3.99. The van der Waals surface area contributed by atoms with E-state index < -0.39 is 5.60 Å². The molecule has 6 atom stereocenters. The zero-order chi connectivity index (χ0) is 16.1. The topological polar surface area (TPSA) is 78.2 Å². The number of methoxy groups -OCH3 is 1. The maximum Gasteiger partial charge on any atom is 0.0715 e. The highest BCUT2D eigenvalue weighted by Crippen LogP contribution is 2.64. The summed E-state index contributed by atoms with van der Waals surface area (Å²) in [6.45, 7) is 0. The van der Waals surface area contributed by atoms with Crippen molar-refractivity contribution in [2.75, 3.05) is 7.11 Å². The predicted molar refractivity (Wildman–Crippen MR) is 86.6 cm³/mol. The highest BCUT2D eigenvalue weighted by Gasteiger charge is 2.63. The molecule has 0 aromatic heterocycles. The van der Waals surface area contributed by atoms with Gasteiger partial charge in [0.1, 0.15) is 0 Å². The fourth-order valence-electron chi connectivity index (χ4n) is 5.92. The molecule has 0 aliphatic heterocycles. The van der Waals surface area contributed by atoms with Gasteiger partial charge >= 0.3 is 0 Å². The number of benzene rings is 1. The van der Waals surface area contributed by atoms with Crippen LogP contribution in [0.2, 0.25) is 0 Å². The zero-order valence-electron chi connectivity index (χ0n) is 13.4. The van der Waals surface area contributed by atoms with Crippen molar-refractivity contribution in [2.24, 2.45) is 22.9 Å². The Bertz CT molecular complexity index is 645. The molecule has 23 heavy (non-hydrogen) atoms. The summed E-state index contributed by atoms with van der Waals surface area (Å²) in [7, 11) is 1.77. The third-order valence-electron chi connectivity index (χ3n) is 6.42. The third kappa shape index (κ3) is 2.26. The van der Waals surface area contributed by atoms with E-state index in [1.165, 1.54) is 0 Å². The molecule has 4 bridgehead atoms. The second kappa shape index (κ2) is 5.23. The molecule has 4 saturated carbocycles. The standard InChI is InChI=1S/C18H23N3O2/c1-23-17-8-12-7-14(10-17)15(18(22,9-12)11-17)16(20-21-19)13-5-3-2-4-6-13/h2-6,12,14-16,22H,7-11H2,1H3/t12?,14?,15?,16?,17?,18-/m0/s1. The summed E-state index contributed by atoms with van der Waals surface area (Å²) in [5.74, 6) is 0.878. The number of hydrogen-bond acceptors (Lipinski definition) is 3. The van der Waals surface area contributed by atoms with Crippen LogP contribution in [-0.2, 0) is 4.74 Å². The van der Waals surface area contributed by atoms with Gasteiger partial charge < -0.3 is 9.84 Å². The molecule has 4 fully saturated rings. The lowest BCUT2D eigenvalue weighted by Gasteiger charge is -2.64. The molecule has 5 heteroatoms. The Morgan fingerprint density at radius 2 is 2.09 bits per heavy atom. The van der Waals surface area contributed by atoms with Gasteiger partial charge in [-0.3, -0.25) is 0 Å². The van der Waals surface area contributed by atoms with E-state index in [9.17, 15) is 5.11 Å². The lowest BCUT2D eigenvalue weighted by molar-refractivity contribution is -0.244. The summed E-state index contributed by atoms with van der Waals surface area (Å²) in [4.78, 5) is 3.10. The van der Waals surface area contributed by atoms with Crippen LogP contribution in [0, 0.1) is 17.8 Å². The molecule has 4 aliphatic rings. The highest BCUT2D eigenvalue weighted by molar-refractivity contribution is 5.25. The molecule has 0 spiro atoms. The van der Waals surface area contributed by atoms with Gasteiger partial charge in [0.25, 0.3) is 0 Å².